The number of benzene rings is 1. The monoisotopic (exact) mass is 269 g/mol. The Balaban J connectivity index is 1.57. The van der Waals surface area contributed by atoms with Crippen molar-refractivity contribution < 1.29 is 4.39 Å². The summed E-state index contributed by atoms with van der Waals surface area (Å²) in [6, 6.07) is 12.1. The molecule has 2 aromatic heterocycles. The Kier molecular flexibility index (Phi) is 3.63. The molecular weight excluding hydrogens is 253 g/mol. The van der Waals surface area contributed by atoms with Crippen molar-refractivity contribution in [3.63, 3.8) is 0 Å². The zero-order valence-corrected chi connectivity index (χ0v) is 11.1. The van der Waals surface area contributed by atoms with Gasteiger partial charge in [0.05, 0.1) is 11.9 Å². The number of nitrogens with one attached hydrogen (secondary N) is 1. The average molecular weight is 269 g/mol. The first kappa shape index (κ1) is 12.7. The maximum atomic E-state index is 13.4. The minimum atomic E-state index is -0.307. The van der Waals surface area contributed by atoms with Crippen molar-refractivity contribution in [1.29, 1.82) is 0 Å². The van der Waals surface area contributed by atoms with Crippen molar-refractivity contribution in [2.24, 2.45) is 0 Å². The van der Waals surface area contributed by atoms with E-state index >= 15 is 0 Å². The van der Waals surface area contributed by atoms with Crippen LogP contribution in [0.15, 0.2) is 55.0 Å². The van der Waals surface area contributed by atoms with Gasteiger partial charge in [-0.2, -0.15) is 0 Å². The Morgan fingerprint density at radius 2 is 2.05 bits per heavy atom. The van der Waals surface area contributed by atoms with Gasteiger partial charge in [-0.05, 0) is 30.0 Å². The Morgan fingerprint density at radius 1 is 1.15 bits per heavy atom. The first-order valence-corrected chi connectivity index (χ1v) is 6.72. The van der Waals surface area contributed by atoms with E-state index in [2.05, 4.69) is 39.3 Å². The molecule has 3 aromatic rings. The lowest BCUT2D eigenvalue weighted by Crippen LogP contribution is -2.07. The molecule has 0 bridgehead atoms. The highest BCUT2D eigenvalue weighted by atomic mass is 19.1. The molecule has 4 heteroatoms. The normalized spacial score (nSPS) is 10.8. The van der Waals surface area contributed by atoms with E-state index in [1.54, 1.807) is 12.3 Å². The van der Waals surface area contributed by atoms with Gasteiger partial charge in [0.2, 0.25) is 0 Å². The zero-order chi connectivity index (χ0) is 13.8. The molecule has 0 spiro atoms. The van der Waals surface area contributed by atoms with Crippen LogP contribution in [0.1, 0.15) is 6.42 Å². The molecule has 0 saturated heterocycles. The minimum absolute atomic E-state index is 0.307. The lowest BCUT2D eigenvalue weighted by Gasteiger charge is -2.08. The highest BCUT2D eigenvalue weighted by molar-refractivity contribution is 5.79. The van der Waals surface area contributed by atoms with E-state index in [0.717, 1.165) is 19.5 Å². The van der Waals surface area contributed by atoms with Gasteiger partial charge in [-0.3, -0.25) is 4.98 Å². The molecular formula is C16H16FN3. The zero-order valence-electron chi connectivity index (χ0n) is 11.1. The summed E-state index contributed by atoms with van der Waals surface area (Å²) >= 11 is 0. The SMILES string of the molecule is Fc1cnccc1NCCCn1ccc2ccccc21. The molecule has 20 heavy (non-hydrogen) atoms. The predicted molar refractivity (Wildman–Crippen MR) is 79.2 cm³/mol. The molecule has 0 saturated carbocycles. The second kappa shape index (κ2) is 5.74. The number of fused-ring (bicyclic) bond motifs is 1. The molecule has 0 aliphatic carbocycles. The van der Waals surface area contributed by atoms with E-state index in [-0.39, 0.29) is 5.82 Å². The maximum Gasteiger partial charge on any atom is 0.164 e. The number of hydrogen-bond donors (Lipinski definition) is 1. The van der Waals surface area contributed by atoms with Gasteiger partial charge >= 0.3 is 0 Å². The molecule has 3 rings (SSSR count). The first-order chi connectivity index (χ1) is 9.84. The summed E-state index contributed by atoms with van der Waals surface area (Å²) in [5.41, 5.74) is 1.75. The molecule has 102 valence electrons. The molecule has 0 atom stereocenters. The van der Waals surface area contributed by atoms with Crippen molar-refractivity contribution in [3.8, 4) is 0 Å². The third-order valence-corrected chi connectivity index (χ3v) is 3.34. The van der Waals surface area contributed by atoms with Crippen LogP contribution in [-0.4, -0.2) is 16.1 Å². The topological polar surface area (TPSA) is 29.9 Å². The Bertz CT molecular complexity index is 706. The second-order valence-electron chi connectivity index (χ2n) is 4.70. The van der Waals surface area contributed by atoms with Crippen LogP contribution in [0.25, 0.3) is 10.9 Å². The van der Waals surface area contributed by atoms with Crippen LogP contribution in [0, 0.1) is 5.82 Å². The van der Waals surface area contributed by atoms with E-state index in [1.807, 2.05) is 12.1 Å². The summed E-state index contributed by atoms with van der Waals surface area (Å²) in [6.07, 6.45) is 5.84. The molecule has 1 aromatic carbocycles. The number of halogens is 1. The summed E-state index contributed by atoms with van der Waals surface area (Å²) in [6.45, 7) is 1.64. The van der Waals surface area contributed by atoms with Gasteiger partial charge < -0.3 is 9.88 Å². The van der Waals surface area contributed by atoms with Crippen molar-refractivity contribution in [1.82, 2.24) is 9.55 Å². The lowest BCUT2D eigenvalue weighted by atomic mass is 10.2. The van der Waals surface area contributed by atoms with Crippen molar-refractivity contribution in [2.75, 3.05) is 11.9 Å². The third-order valence-electron chi connectivity index (χ3n) is 3.34. The lowest BCUT2D eigenvalue weighted by molar-refractivity contribution is 0.621. The van der Waals surface area contributed by atoms with E-state index in [4.69, 9.17) is 0 Å². The second-order valence-corrected chi connectivity index (χ2v) is 4.70. The molecule has 1 N–H and O–H groups in total. The smallest absolute Gasteiger partial charge is 0.164 e. The number of pyridine rings is 1. The van der Waals surface area contributed by atoms with Gasteiger partial charge in [0, 0.05) is 31.0 Å². The number of hydrogen-bond acceptors (Lipinski definition) is 2. The quantitative estimate of drug-likeness (QED) is 0.716. The fourth-order valence-electron chi connectivity index (χ4n) is 2.33. The van der Waals surface area contributed by atoms with Crippen LogP contribution in [0.3, 0.4) is 0 Å². The van der Waals surface area contributed by atoms with Gasteiger partial charge in [0.25, 0.3) is 0 Å². The van der Waals surface area contributed by atoms with Crippen LogP contribution in [0.5, 0.6) is 0 Å². The van der Waals surface area contributed by atoms with Gasteiger partial charge in [-0.15, -0.1) is 0 Å². The fraction of sp³-hybridized carbons (Fsp3) is 0.188. The largest absolute Gasteiger partial charge is 0.383 e. The molecule has 0 aliphatic rings. The number of rotatable bonds is 5. The van der Waals surface area contributed by atoms with Crippen LogP contribution in [-0.2, 0) is 6.54 Å². The third kappa shape index (κ3) is 2.64. The molecule has 3 nitrogen and oxygen atoms in total. The highest BCUT2D eigenvalue weighted by Crippen LogP contribution is 2.15. The van der Waals surface area contributed by atoms with Crippen molar-refractivity contribution >= 4 is 16.6 Å². The Hall–Kier alpha value is -2.36. The predicted octanol–water partition coefficient (Wildman–Crippen LogP) is 3.68. The maximum absolute atomic E-state index is 13.4. The van der Waals surface area contributed by atoms with Gasteiger partial charge in [0.1, 0.15) is 0 Å². The standard InChI is InChI=1S/C16H16FN3/c17-14-12-18-9-6-15(14)19-8-3-10-20-11-7-13-4-1-2-5-16(13)20/h1-2,4-7,9,11-12H,3,8,10H2,(H,18,19). The van der Waals surface area contributed by atoms with E-state index in [9.17, 15) is 4.39 Å². The summed E-state index contributed by atoms with van der Waals surface area (Å²) < 4.78 is 15.6. The molecule has 0 fully saturated rings. The van der Waals surface area contributed by atoms with E-state index in [0.29, 0.717) is 5.69 Å². The number of aryl methyl sites for hydroxylation is 1. The minimum Gasteiger partial charge on any atom is -0.383 e. The number of nitrogens with zero attached hydrogens (tertiary/aromatic N) is 2. The molecule has 0 aliphatic heterocycles. The van der Waals surface area contributed by atoms with E-state index < -0.39 is 0 Å². The molecule has 2 heterocycles. The van der Waals surface area contributed by atoms with Crippen molar-refractivity contribution in [3.05, 3.63) is 60.8 Å². The number of aromatic nitrogens is 2. The van der Waals surface area contributed by atoms with Gasteiger partial charge in [-0.25, -0.2) is 4.39 Å². The number of anilines is 1. The Labute approximate surface area is 117 Å². The molecule has 0 amide bonds. The number of para-hydroxylation sites is 1. The molecule has 0 radical (unpaired) electrons. The average Bonchev–Trinajstić information content (AvgIpc) is 2.89. The summed E-state index contributed by atoms with van der Waals surface area (Å²) in [5.74, 6) is -0.307. The van der Waals surface area contributed by atoms with Gasteiger partial charge in [0.15, 0.2) is 5.82 Å². The molecule has 0 unspecified atom stereocenters. The van der Waals surface area contributed by atoms with E-state index in [1.165, 1.54) is 17.1 Å². The van der Waals surface area contributed by atoms with Gasteiger partial charge in [-0.1, -0.05) is 18.2 Å². The van der Waals surface area contributed by atoms with Crippen molar-refractivity contribution in [2.45, 2.75) is 13.0 Å². The summed E-state index contributed by atoms with van der Waals surface area (Å²) in [7, 11) is 0. The summed E-state index contributed by atoms with van der Waals surface area (Å²) in [4.78, 5) is 3.73. The summed E-state index contributed by atoms with van der Waals surface area (Å²) in [5, 5.41) is 4.35. The fourth-order valence-corrected chi connectivity index (χ4v) is 2.33. The van der Waals surface area contributed by atoms with Crippen LogP contribution in [0.2, 0.25) is 0 Å². The van der Waals surface area contributed by atoms with Crippen LogP contribution >= 0.6 is 0 Å². The highest BCUT2D eigenvalue weighted by Gasteiger charge is 2.01. The van der Waals surface area contributed by atoms with Crippen LogP contribution in [0.4, 0.5) is 10.1 Å². The van der Waals surface area contributed by atoms with Crippen LogP contribution < -0.4 is 5.32 Å². The Morgan fingerprint density at radius 3 is 2.95 bits per heavy atom. The first-order valence-electron chi connectivity index (χ1n) is 6.72.